The molecule has 0 spiro atoms. The zero-order valence-corrected chi connectivity index (χ0v) is 17.0. The summed E-state index contributed by atoms with van der Waals surface area (Å²) in [6.07, 6.45) is 7.59. The van der Waals surface area contributed by atoms with E-state index in [1.54, 1.807) is 6.08 Å². The Morgan fingerprint density at radius 1 is 1.25 bits per heavy atom. The van der Waals surface area contributed by atoms with Gasteiger partial charge in [-0.2, -0.15) is 0 Å². The lowest BCUT2D eigenvalue weighted by atomic mass is 9.97. The zero-order valence-electron chi connectivity index (χ0n) is 17.0. The van der Waals surface area contributed by atoms with Gasteiger partial charge in [-0.05, 0) is 62.9 Å². The van der Waals surface area contributed by atoms with Crippen LogP contribution in [-0.2, 0) is 16.0 Å². The van der Waals surface area contributed by atoms with Crippen LogP contribution in [0.25, 0.3) is 6.08 Å². The first-order valence-electron chi connectivity index (χ1n) is 9.98. The van der Waals surface area contributed by atoms with Gasteiger partial charge in [0.25, 0.3) is 0 Å². The second-order valence-electron chi connectivity index (χ2n) is 8.63. The molecule has 0 atom stereocenters. The summed E-state index contributed by atoms with van der Waals surface area (Å²) in [5.41, 5.74) is 1.20. The number of nitrogens with one attached hydrogen (secondary N) is 2. The summed E-state index contributed by atoms with van der Waals surface area (Å²) in [7, 11) is 0. The molecular formula is C22H30N2O4. The number of carbonyl (C=O) groups excluding carboxylic acids is 2. The lowest BCUT2D eigenvalue weighted by Gasteiger charge is -2.30. The lowest BCUT2D eigenvalue weighted by molar-refractivity contribution is -0.118. The third-order valence-electron chi connectivity index (χ3n) is 5.06. The average molecular weight is 386 g/mol. The maximum absolute atomic E-state index is 12.5. The summed E-state index contributed by atoms with van der Waals surface area (Å²) in [6, 6.07) is 5.95. The van der Waals surface area contributed by atoms with Gasteiger partial charge in [-0.15, -0.1) is 0 Å². The Labute approximate surface area is 166 Å². The van der Waals surface area contributed by atoms with E-state index in [1.165, 1.54) is 5.56 Å². The molecule has 0 bridgehead atoms. The minimum Gasteiger partial charge on any atom is -0.493 e. The normalized spacial score (nSPS) is 17.8. The van der Waals surface area contributed by atoms with Crippen LogP contribution in [0.3, 0.4) is 0 Å². The summed E-state index contributed by atoms with van der Waals surface area (Å²) in [6.45, 7) is 6.58. The van der Waals surface area contributed by atoms with Crippen LogP contribution >= 0.6 is 0 Å². The molecule has 0 saturated heterocycles. The molecule has 1 aromatic rings. The van der Waals surface area contributed by atoms with Gasteiger partial charge in [-0.25, -0.2) is 4.79 Å². The predicted octanol–water partition coefficient (Wildman–Crippen LogP) is 3.59. The third-order valence-corrected chi connectivity index (χ3v) is 5.06. The largest absolute Gasteiger partial charge is 0.493 e. The molecule has 2 amide bonds. The van der Waals surface area contributed by atoms with E-state index in [4.69, 9.17) is 9.47 Å². The number of carbonyl (C=O) groups is 2. The fourth-order valence-corrected chi connectivity index (χ4v) is 3.74. The van der Waals surface area contributed by atoms with Crippen molar-refractivity contribution in [2.45, 2.75) is 64.0 Å². The van der Waals surface area contributed by atoms with Crippen LogP contribution < -0.4 is 15.4 Å². The second-order valence-corrected chi connectivity index (χ2v) is 8.63. The summed E-state index contributed by atoms with van der Waals surface area (Å²) >= 11 is 0. The monoisotopic (exact) mass is 386 g/mol. The van der Waals surface area contributed by atoms with Crippen LogP contribution in [0.15, 0.2) is 24.3 Å². The molecule has 152 valence electrons. The Kier molecular flexibility index (Phi) is 5.96. The summed E-state index contributed by atoms with van der Waals surface area (Å²) < 4.78 is 10.8. The standard InChI is InChI=1S/C22H30N2O4/c1-21(2,3)28-20(26)23-15-22(11-4-5-12-22)24-19(25)9-7-16-6-8-18-17(14-16)10-13-27-18/h6-9,14H,4-5,10-13,15H2,1-3H3,(H,23,26)(H,24,25)/b9-7+. The van der Waals surface area contributed by atoms with Gasteiger partial charge >= 0.3 is 6.09 Å². The topological polar surface area (TPSA) is 76.7 Å². The van der Waals surface area contributed by atoms with Gasteiger partial charge in [0.15, 0.2) is 0 Å². The molecule has 1 saturated carbocycles. The lowest BCUT2D eigenvalue weighted by Crippen LogP contribution is -2.54. The van der Waals surface area contributed by atoms with Crippen molar-refractivity contribution >= 4 is 18.1 Å². The van der Waals surface area contributed by atoms with E-state index in [-0.39, 0.29) is 5.91 Å². The van der Waals surface area contributed by atoms with Gasteiger partial charge in [0.2, 0.25) is 5.91 Å². The Morgan fingerprint density at radius 2 is 2.00 bits per heavy atom. The second kappa shape index (κ2) is 8.25. The van der Waals surface area contributed by atoms with Crippen molar-refractivity contribution in [1.82, 2.24) is 10.6 Å². The van der Waals surface area contributed by atoms with Crippen molar-refractivity contribution < 1.29 is 19.1 Å². The molecule has 2 aliphatic rings. The van der Waals surface area contributed by atoms with Crippen LogP contribution in [0.1, 0.15) is 57.6 Å². The van der Waals surface area contributed by atoms with E-state index < -0.39 is 17.2 Å². The Hall–Kier alpha value is -2.50. The molecule has 0 unspecified atom stereocenters. The first-order valence-corrected chi connectivity index (χ1v) is 9.98. The molecule has 1 heterocycles. The van der Waals surface area contributed by atoms with Crippen molar-refractivity contribution in [2.24, 2.45) is 0 Å². The van der Waals surface area contributed by atoms with E-state index in [1.807, 2.05) is 39.0 Å². The molecule has 6 nitrogen and oxygen atoms in total. The number of amides is 2. The first-order chi connectivity index (χ1) is 13.2. The maximum atomic E-state index is 12.5. The van der Waals surface area contributed by atoms with Crippen LogP contribution in [0.4, 0.5) is 4.79 Å². The molecule has 28 heavy (non-hydrogen) atoms. The first kappa shape index (κ1) is 20.2. The van der Waals surface area contributed by atoms with Gasteiger partial charge in [0.05, 0.1) is 12.1 Å². The number of hydrogen-bond donors (Lipinski definition) is 2. The minimum absolute atomic E-state index is 0.148. The number of hydrogen-bond acceptors (Lipinski definition) is 4. The van der Waals surface area contributed by atoms with E-state index in [9.17, 15) is 9.59 Å². The number of fused-ring (bicyclic) bond motifs is 1. The van der Waals surface area contributed by atoms with E-state index in [0.717, 1.165) is 50.0 Å². The molecule has 1 aromatic carbocycles. The highest BCUT2D eigenvalue weighted by molar-refractivity contribution is 5.92. The Morgan fingerprint density at radius 3 is 2.71 bits per heavy atom. The summed E-state index contributed by atoms with van der Waals surface area (Å²) in [5, 5.41) is 5.93. The van der Waals surface area contributed by atoms with E-state index in [2.05, 4.69) is 16.7 Å². The number of benzene rings is 1. The molecule has 1 aliphatic carbocycles. The number of ether oxygens (including phenoxy) is 2. The summed E-state index contributed by atoms with van der Waals surface area (Å²) in [4.78, 5) is 24.5. The molecule has 0 radical (unpaired) electrons. The van der Waals surface area contributed by atoms with Crippen molar-refractivity contribution in [2.75, 3.05) is 13.2 Å². The van der Waals surface area contributed by atoms with Gasteiger partial charge in [0, 0.05) is 19.0 Å². The highest BCUT2D eigenvalue weighted by Crippen LogP contribution is 2.29. The number of rotatable bonds is 5. The van der Waals surface area contributed by atoms with E-state index >= 15 is 0 Å². The highest BCUT2D eigenvalue weighted by atomic mass is 16.6. The molecule has 2 N–H and O–H groups in total. The molecule has 3 rings (SSSR count). The van der Waals surface area contributed by atoms with Gasteiger partial charge < -0.3 is 20.1 Å². The maximum Gasteiger partial charge on any atom is 0.407 e. The summed E-state index contributed by atoms with van der Waals surface area (Å²) in [5.74, 6) is 0.782. The van der Waals surface area contributed by atoms with Gasteiger partial charge in [-0.1, -0.05) is 18.9 Å². The van der Waals surface area contributed by atoms with Gasteiger partial charge in [-0.3, -0.25) is 4.79 Å². The SMILES string of the molecule is CC(C)(C)OC(=O)NCC1(NC(=O)/C=C/c2ccc3c(c2)CCO3)CCCC1. The molecule has 6 heteroatoms. The van der Waals surface area contributed by atoms with Crippen molar-refractivity contribution in [1.29, 1.82) is 0 Å². The Balaban J connectivity index is 1.57. The molecule has 1 aliphatic heterocycles. The van der Waals surface area contributed by atoms with Crippen LogP contribution in [0.5, 0.6) is 5.75 Å². The fraction of sp³-hybridized carbons (Fsp3) is 0.545. The van der Waals surface area contributed by atoms with Crippen LogP contribution in [-0.4, -0.2) is 36.3 Å². The highest BCUT2D eigenvalue weighted by Gasteiger charge is 2.35. The smallest absolute Gasteiger partial charge is 0.407 e. The van der Waals surface area contributed by atoms with Crippen LogP contribution in [0, 0.1) is 0 Å². The average Bonchev–Trinajstić information content (AvgIpc) is 3.26. The van der Waals surface area contributed by atoms with Crippen molar-refractivity contribution in [3.05, 3.63) is 35.4 Å². The third kappa shape index (κ3) is 5.50. The molecule has 1 fully saturated rings. The predicted molar refractivity (Wildman–Crippen MR) is 108 cm³/mol. The van der Waals surface area contributed by atoms with E-state index in [0.29, 0.717) is 6.54 Å². The Bertz CT molecular complexity index is 758. The molecule has 0 aromatic heterocycles. The minimum atomic E-state index is -0.542. The van der Waals surface area contributed by atoms with Crippen molar-refractivity contribution in [3.8, 4) is 5.75 Å². The quantitative estimate of drug-likeness (QED) is 0.758. The molecular weight excluding hydrogens is 356 g/mol. The fourth-order valence-electron chi connectivity index (χ4n) is 3.74. The zero-order chi connectivity index (χ0) is 20.2. The van der Waals surface area contributed by atoms with Crippen molar-refractivity contribution in [3.63, 3.8) is 0 Å². The van der Waals surface area contributed by atoms with Crippen LogP contribution in [0.2, 0.25) is 0 Å². The number of alkyl carbamates (subject to hydrolysis) is 1. The van der Waals surface area contributed by atoms with Gasteiger partial charge in [0.1, 0.15) is 11.4 Å².